The molecule has 0 bridgehead atoms. The smallest absolute Gasteiger partial charge is 0.261 e. The van der Waals surface area contributed by atoms with Crippen molar-refractivity contribution in [2.24, 2.45) is 0 Å². The number of hydrogen-bond acceptors (Lipinski definition) is 6. The van der Waals surface area contributed by atoms with Crippen molar-refractivity contribution in [3.63, 3.8) is 0 Å². The first-order chi connectivity index (χ1) is 11.2. The number of carbonyl (C=O) groups excluding carboxylic acids is 1. The number of thiophene rings is 2. The summed E-state index contributed by atoms with van der Waals surface area (Å²) < 4.78 is 0. The number of aromatic nitrogens is 2. The Labute approximate surface area is 142 Å². The number of aryl methyl sites for hydroxylation is 1. The molecule has 23 heavy (non-hydrogen) atoms. The SMILES string of the molecule is CCNc1ncnc2sc(C(=O)NCCc3cccs3)c(C)c12. The summed E-state index contributed by atoms with van der Waals surface area (Å²) in [6.45, 7) is 5.40. The van der Waals surface area contributed by atoms with Gasteiger partial charge < -0.3 is 10.6 Å². The van der Waals surface area contributed by atoms with Crippen LogP contribution < -0.4 is 10.6 Å². The average molecular weight is 346 g/mol. The summed E-state index contributed by atoms with van der Waals surface area (Å²) in [6, 6.07) is 4.11. The van der Waals surface area contributed by atoms with E-state index in [9.17, 15) is 4.79 Å². The van der Waals surface area contributed by atoms with Gasteiger partial charge in [-0.3, -0.25) is 4.79 Å². The zero-order valence-corrected chi connectivity index (χ0v) is 14.7. The molecule has 0 aliphatic carbocycles. The van der Waals surface area contributed by atoms with Crippen LogP contribution in [0.15, 0.2) is 23.8 Å². The Hall–Kier alpha value is -1.99. The minimum atomic E-state index is -0.0375. The largest absolute Gasteiger partial charge is 0.370 e. The number of nitrogens with one attached hydrogen (secondary N) is 2. The fourth-order valence-electron chi connectivity index (χ4n) is 2.42. The molecule has 3 heterocycles. The van der Waals surface area contributed by atoms with Crippen LogP contribution in [0.3, 0.4) is 0 Å². The van der Waals surface area contributed by atoms with Gasteiger partial charge >= 0.3 is 0 Å². The number of rotatable bonds is 6. The van der Waals surface area contributed by atoms with E-state index < -0.39 is 0 Å². The van der Waals surface area contributed by atoms with Gasteiger partial charge in [0.1, 0.15) is 17.0 Å². The van der Waals surface area contributed by atoms with E-state index in [4.69, 9.17) is 0 Å². The Morgan fingerprint density at radius 2 is 2.22 bits per heavy atom. The van der Waals surface area contributed by atoms with Gasteiger partial charge in [-0.05, 0) is 37.3 Å². The van der Waals surface area contributed by atoms with Crippen molar-refractivity contribution in [2.45, 2.75) is 20.3 Å². The molecule has 1 amide bonds. The number of fused-ring (bicyclic) bond motifs is 1. The van der Waals surface area contributed by atoms with E-state index in [2.05, 4.69) is 26.7 Å². The molecule has 3 aromatic heterocycles. The van der Waals surface area contributed by atoms with E-state index in [1.807, 2.05) is 25.3 Å². The maximum atomic E-state index is 12.5. The first-order valence-electron chi connectivity index (χ1n) is 7.49. The lowest BCUT2D eigenvalue weighted by Crippen LogP contribution is -2.25. The van der Waals surface area contributed by atoms with Crippen molar-refractivity contribution in [1.82, 2.24) is 15.3 Å². The molecule has 0 spiro atoms. The third-order valence-corrected chi connectivity index (χ3v) is 5.65. The Kier molecular flexibility index (Phi) is 4.88. The summed E-state index contributed by atoms with van der Waals surface area (Å²) in [6.07, 6.45) is 2.39. The summed E-state index contributed by atoms with van der Waals surface area (Å²) in [5.74, 6) is 0.758. The first-order valence-corrected chi connectivity index (χ1v) is 9.19. The summed E-state index contributed by atoms with van der Waals surface area (Å²) in [5.41, 5.74) is 0.940. The topological polar surface area (TPSA) is 66.9 Å². The summed E-state index contributed by atoms with van der Waals surface area (Å²) in [4.78, 5) is 23.9. The van der Waals surface area contributed by atoms with Gasteiger partial charge in [-0.25, -0.2) is 9.97 Å². The van der Waals surface area contributed by atoms with Crippen LogP contribution in [0.1, 0.15) is 27.0 Å². The van der Waals surface area contributed by atoms with Gasteiger partial charge in [-0.15, -0.1) is 22.7 Å². The van der Waals surface area contributed by atoms with Crippen molar-refractivity contribution in [3.8, 4) is 0 Å². The third kappa shape index (κ3) is 3.35. The molecule has 0 aromatic carbocycles. The number of amides is 1. The van der Waals surface area contributed by atoms with E-state index in [-0.39, 0.29) is 5.91 Å². The van der Waals surface area contributed by atoms with Gasteiger partial charge in [-0.2, -0.15) is 0 Å². The van der Waals surface area contributed by atoms with Crippen molar-refractivity contribution >= 4 is 44.6 Å². The second kappa shape index (κ2) is 7.06. The Morgan fingerprint density at radius 3 is 2.96 bits per heavy atom. The lowest BCUT2D eigenvalue weighted by Gasteiger charge is -2.05. The highest BCUT2D eigenvalue weighted by Gasteiger charge is 2.18. The number of nitrogens with zero attached hydrogens (tertiary/aromatic N) is 2. The van der Waals surface area contributed by atoms with Crippen LogP contribution in [0, 0.1) is 6.92 Å². The van der Waals surface area contributed by atoms with Crippen LogP contribution in [0.4, 0.5) is 5.82 Å². The van der Waals surface area contributed by atoms with Gasteiger partial charge in [0.2, 0.25) is 0 Å². The zero-order chi connectivity index (χ0) is 16.2. The molecule has 7 heteroatoms. The molecule has 5 nitrogen and oxygen atoms in total. The van der Waals surface area contributed by atoms with Gasteiger partial charge in [0.15, 0.2) is 0 Å². The predicted octanol–water partition coefficient (Wildman–Crippen LogP) is 3.47. The molecule has 120 valence electrons. The molecule has 0 atom stereocenters. The van der Waals surface area contributed by atoms with Crippen LogP contribution in [-0.2, 0) is 6.42 Å². The maximum Gasteiger partial charge on any atom is 0.261 e. The van der Waals surface area contributed by atoms with Crippen LogP contribution in [0.25, 0.3) is 10.2 Å². The molecule has 0 aliphatic rings. The number of anilines is 1. The normalized spacial score (nSPS) is 10.9. The van der Waals surface area contributed by atoms with E-state index in [0.29, 0.717) is 11.4 Å². The van der Waals surface area contributed by atoms with Crippen molar-refractivity contribution < 1.29 is 4.79 Å². The molecule has 0 aliphatic heterocycles. The average Bonchev–Trinajstić information content (AvgIpc) is 3.16. The predicted molar refractivity (Wildman–Crippen MR) is 96.7 cm³/mol. The summed E-state index contributed by atoms with van der Waals surface area (Å²) in [7, 11) is 0. The monoisotopic (exact) mass is 346 g/mol. The minimum absolute atomic E-state index is 0.0375. The third-order valence-electron chi connectivity index (χ3n) is 3.51. The molecule has 0 saturated carbocycles. The van der Waals surface area contributed by atoms with Crippen molar-refractivity contribution in [1.29, 1.82) is 0 Å². The van der Waals surface area contributed by atoms with Crippen LogP contribution >= 0.6 is 22.7 Å². The first kappa shape index (κ1) is 15.9. The van der Waals surface area contributed by atoms with E-state index >= 15 is 0 Å². The number of carbonyl (C=O) groups is 1. The highest BCUT2D eigenvalue weighted by molar-refractivity contribution is 7.20. The van der Waals surface area contributed by atoms with E-state index in [1.54, 1.807) is 11.3 Å². The maximum absolute atomic E-state index is 12.5. The fraction of sp³-hybridized carbons (Fsp3) is 0.312. The minimum Gasteiger partial charge on any atom is -0.370 e. The summed E-state index contributed by atoms with van der Waals surface area (Å²) >= 11 is 3.13. The molecule has 0 radical (unpaired) electrons. The lowest BCUT2D eigenvalue weighted by atomic mass is 10.2. The molecule has 3 rings (SSSR count). The van der Waals surface area contributed by atoms with Crippen molar-refractivity contribution in [2.75, 3.05) is 18.4 Å². The molecular formula is C16H18N4OS2. The molecule has 2 N–H and O–H groups in total. The van der Waals surface area contributed by atoms with Gasteiger partial charge in [0.25, 0.3) is 5.91 Å². The molecule has 0 unspecified atom stereocenters. The van der Waals surface area contributed by atoms with Gasteiger partial charge in [0, 0.05) is 18.0 Å². The highest BCUT2D eigenvalue weighted by atomic mass is 32.1. The fourth-order valence-corrected chi connectivity index (χ4v) is 4.20. The van der Waals surface area contributed by atoms with Crippen LogP contribution in [0.5, 0.6) is 0 Å². The summed E-state index contributed by atoms with van der Waals surface area (Å²) in [5, 5.41) is 9.23. The molecule has 0 fully saturated rings. The van der Waals surface area contributed by atoms with Crippen molar-refractivity contribution in [3.05, 3.63) is 39.2 Å². The van der Waals surface area contributed by atoms with E-state index in [1.165, 1.54) is 22.5 Å². The van der Waals surface area contributed by atoms with Gasteiger partial charge in [-0.1, -0.05) is 6.07 Å². The molecule has 3 aromatic rings. The standard InChI is InChI=1S/C16H18N4OS2/c1-3-17-14-12-10(2)13(23-16(12)20-9-19-14)15(21)18-7-6-11-5-4-8-22-11/h4-5,8-9H,3,6-7H2,1-2H3,(H,18,21)(H,17,19,20). The second-order valence-electron chi connectivity index (χ2n) is 5.07. The van der Waals surface area contributed by atoms with Crippen LogP contribution in [0.2, 0.25) is 0 Å². The van der Waals surface area contributed by atoms with Crippen LogP contribution in [-0.4, -0.2) is 29.0 Å². The number of hydrogen-bond donors (Lipinski definition) is 2. The molecule has 0 saturated heterocycles. The van der Waals surface area contributed by atoms with E-state index in [0.717, 1.165) is 34.6 Å². The van der Waals surface area contributed by atoms with Gasteiger partial charge in [0.05, 0.1) is 10.3 Å². The Bertz CT molecular complexity index is 811. The lowest BCUT2D eigenvalue weighted by molar-refractivity contribution is 0.0958. The Balaban J connectivity index is 1.77. The second-order valence-corrected chi connectivity index (χ2v) is 7.11. The Morgan fingerprint density at radius 1 is 1.35 bits per heavy atom. The highest BCUT2D eigenvalue weighted by Crippen LogP contribution is 2.33. The zero-order valence-electron chi connectivity index (χ0n) is 13.0. The molecular weight excluding hydrogens is 328 g/mol. The quantitative estimate of drug-likeness (QED) is 0.717.